The number of aldehydes is 1. The molecule has 0 aromatic rings. The van der Waals surface area contributed by atoms with Crippen molar-refractivity contribution in [2.45, 2.75) is 0 Å². The number of carbonyl (C=O) groups excluding carboxylic acids is 1. The van der Waals surface area contributed by atoms with Gasteiger partial charge in [0, 0.05) is 12.6 Å². The normalized spacial score (nSPS) is 10.9. The summed E-state index contributed by atoms with van der Waals surface area (Å²) in [6.45, 7) is 3.32. The van der Waals surface area contributed by atoms with Crippen molar-refractivity contribution in [2.24, 2.45) is 10.7 Å². The maximum atomic E-state index is 9.84. The SMILES string of the molecule is C=C(C=O)C(N)=NC. The fourth-order valence-corrected chi connectivity index (χ4v) is 0.204. The summed E-state index contributed by atoms with van der Waals surface area (Å²) >= 11 is 0. The summed E-state index contributed by atoms with van der Waals surface area (Å²) in [6.07, 6.45) is 0.572. The minimum absolute atomic E-state index is 0.194. The fraction of sp³-hybridized carbons (Fsp3) is 0.200. The molecule has 0 unspecified atom stereocenters. The lowest BCUT2D eigenvalue weighted by atomic mass is 10.3. The van der Waals surface area contributed by atoms with E-state index in [-0.39, 0.29) is 11.4 Å². The number of nitrogens with zero attached hydrogens (tertiary/aromatic N) is 1. The highest BCUT2D eigenvalue weighted by Gasteiger charge is 1.91. The van der Waals surface area contributed by atoms with Crippen LogP contribution in [-0.4, -0.2) is 19.2 Å². The van der Waals surface area contributed by atoms with E-state index in [9.17, 15) is 4.79 Å². The molecule has 0 rings (SSSR count). The highest BCUT2D eigenvalue weighted by atomic mass is 16.1. The Bertz CT molecular complexity index is 137. The summed E-state index contributed by atoms with van der Waals surface area (Å²) < 4.78 is 0. The third kappa shape index (κ3) is 1.55. The van der Waals surface area contributed by atoms with Crippen molar-refractivity contribution in [1.29, 1.82) is 0 Å². The van der Waals surface area contributed by atoms with Gasteiger partial charge in [0.1, 0.15) is 5.84 Å². The van der Waals surface area contributed by atoms with Crippen LogP contribution < -0.4 is 5.73 Å². The molecule has 0 aromatic carbocycles. The molecule has 0 fully saturated rings. The number of amidine groups is 1. The number of nitrogens with two attached hydrogens (primary N) is 1. The van der Waals surface area contributed by atoms with Crippen LogP contribution in [0.1, 0.15) is 0 Å². The molecule has 0 saturated carbocycles. The molecule has 0 saturated heterocycles. The molecular weight excluding hydrogens is 104 g/mol. The van der Waals surface area contributed by atoms with E-state index < -0.39 is 0 Å². The zero-order chi connectivity index (χ0) is 6.57. The van der Waals surface area contributed by atoms with E-state index in [1.54, 1.807) is 0 Å². The van der Waals surface area contributed by atoms with E-state index in [0.29, 0.717) is 6.29 Å². The minimum atomic E-state index is 0.194. The van der Waals surface area contributed by atoms with E-state index in [1.165, 1.54) is 7.05 Å². The molecule has 3 heteroatoms. The van der Waals surface area contributed by atoms with Crippen molar-refractivity contribution in [3.63, 3.8) is 0 Å². The Morgan fingerprint density at radius 1 is 1.88 bits per heavy atom. The number of carbonyl (C=O) groups is 1. The molecule has 0 aliphatic rings. The molecule has 0 heterocycles. The van der Waals surface area contributed by atoms with E-state index in [1.807, 2.05) is 0 Å². The fourth-order valence-electron chi connectivity index (χ4n) is 0.204. The minimum Gasteiger partial charge on any atom is -0.383 e. The second-order valence-corrected chi connectivity index (χ2v) is 1.25. The first kappa shape index (κ1) is 6.88. The average Bonchev–Trinajstić information content (AvgIpc) is 1.84. The first-order valence-electron chi connectivity index (χ1n) is 2.09. The summed E-state index contributed by atoms with van der Waals surface area (Å²) in [5, 5.41) is 0. The second kappa shape index (κ2) is 2.96. The van der Waals surface area contributed by atoms with Crippen LogP contribution in [0.5, 0.6) is 0 Å². The number of aliphatic imine (C=N–C) groups is 1. The summed E-state index contributed by atoms with van der Waals surface area (Å²) in [6, 6.07) is 0. The average molecular weight is 112 g/mol. The predicted molar refractivity (Wildman–Crippen MR) is 32.8 cm³/mol. The lowest BCUT2D eigenvalue weighted by Crippen LogP contribution is -2.14. The van der Waals surface area contributed by atoms with Gasteiger partial charge in [0.05, 0.1) is 0 Å². The van der Waals surface area contributed by atoms with Crippen molar-refractivity contribution in [1.82, 2.24) is 0 Å². The van der Waals surface area contributed by atoms with Gasteiger partial charge in [-0.25, -0.2) is 0 Å². The molecule has 0 radical (unpaired) electrons. The van der Waals surface area contributed by atoms with Gasteiger partial charge in [-0.1, -0.05) is 6.58 Å². The number of rotatable bonds is 2. The first-order chi connectivity index (χ1) is 3.72. The maximum Gasteiger partial charge on any atom is 0.153 e. The summed E-state index contributed by atoms with van der Waals surface area (Å²) in [5.41, 5.74) is 5.38. The smallest absolute Gasteiger partial charge is 0.153 e. The van der Waals surface area contributed by atoms with Crippen molar-refractivity contribution in [2.75, 3.05) is 7.05 Å². The summed E-state index contributed by atoms with van der Waals surface area (Å²) in [5.74, 6) is 0.194. The van der Waals surface area contributed by atoms with Gasteiger partial charge < -0.3 is 5.73 Å². The third-order valence-electron chi connectivity index (χ3n) is 0.712. The summed E-state index contributed by atoms with van der Waals surface area (Å²) in [7, 11) is 1.50. The summed E-state index contributed by atoms with van der Waals surface area (Å²) in [4.78, 5) is 13.4. The highest BCUT2D eigenvalue weighted by Crippen LogP contribution is 1.80. The van der Waals surface area contributed by atoms with E-state index in [2.05, 4.69) is 11.6 Å². The number of hydrogen-bond acceptors (Lipinski definition) is 2. The topological polar surface area (TPSA) is 55.5 Å². The van der Waals surface area contributed by atoms with Crippen LogP contribution in [0.25, 0.3) is 0 Å². The standard InChI is InChI=1S/C5H8N2O/c1-4(3-8)5(6)7-2/h3H,1H2,2H3,(H2,6,7). The Morgan fingerprint density at radius 2 is 2.38 bits per heavy atom. The van der Waals surface area contributed by atoms with E-state index in [0.717, 1.165) is 0 Å². The lowest BCUT2D eigenvalue weighted by molar-refractivity contribution is -0.104. The molecule has 0 bridgehead atoms. The largest absolute Gasteiger partial charge is 0.383 e. The molecule has 0 amide bonds. The van der Waals surface area contributed by atoms with Gasteiger partial charge in [-0.05, 0) is 0 Å². The molecule has 0 aliphatic heterocycles. The van der Waals surface area contributed by atoms with Gasteiger partial charge in [0.25, 0.3) is 0 Å². The zero-order valence-corrected chi connectivity index (χ0v) is 4.72. The van der Waals surface area contributed by atoms with Crippen molar-refractivity contribution >= 4 is 12.1 Å². The Morgan fingerprint density at radius 3 is 2.50 bits per heavy atom. The first-order valence-corrected chi connectivity index (χ1v) is 2.09. The molecular formula is C5H8N2O. The molecule has 0 atom stereocenters. The Labute approximate surface area is 47.9 Å². The Hall–Kier alpha value is -1.12. The Balaban J connectivity index is 4.03. The predicted octanol–water partition coefficient (Wildman–Crippen LogP) is -0.272. The van der Waals surface area contributed by atoms with Crippen molar-refractivity contribution in [3.8, 4) is 0 Å². The molecule has 44 valence electrons. The molecule has 2 N–H and O–H groups in total. The van der Waals surface area contributed by atoms with Gasteiger partial charge in [-0.3, -0.25) is 9.79 Å². The van der Waals surface area contributed by atoms with E-state index >= 15 is 0 Å². The van der Waals surface area contributed by atoms with Gasteiger partial charge in [-0.2, -0.15) is 0 Å². The lowest BCUT2D eigenvalue weighted by Gasteiger charge is -1.90. The maximum absolute atomic E-state index is 9.84. The number of hydrogen-bond donors (Lipinski definition) is 1. The van der Waals surface area contributed by atoms with Crippen LogP contribution in [0, 0.1) is 0 Å². The quantitative estimate of drug-likeness (QED) is 0.231. The molecule has 8 heavy (non-hydrogen) atoms. The molecule has 0 spiro atoms. The van der Waals surface area contributed by atoms with Gasteiger partial charge in [0.2, 0.25) is 0 Å². The Kier molecular flexibility index (Phi) is 2.54. The van der Waals surface area contributed by atoms with E-state index in [4.69, 9.17) is 5.73 Å². The van der Waals surface area contributed by atoms with Crippen LogP contribution >= 0.6 is 0 Å². The zero-order valence-electron chi connectivity index (χ0n) is 4.72. The molecule has 0 aliphatic carbocycles. The van der Waals surface area contributed by atoms with Crippen LogP contribution in [0.4, 0.5) is 0 Å². The third-order valence-corrected chi connectivity index (χ3v) is 0.712. The highest BCUT2D eigenvalue weighted by molar-refractivity contribution is 6.12. The molecule has 0 aromatic heterocycles. The monoisotopic (exact) mass is 112 g/mol. The van der Waals surface area contributed by atoms with Crippen LogP contribution in [-0.2, 0) is 4.79 Å². The second-order valence-electron chi connectivity index (χ2n) is 1.25. The van der Waals surface area contributed by atoms with Gasteiger partial charge >= 0.3 is 0 Å². The van der Waals surface area contributed by atoms with Crippen molar-refractivity contribution < 1.29 is 4.79 Å². The van der Waals surface area contributed by atoms with Crippen LogP contribution in [0.15, 0.2) is 17.1 Å². The van der Waals surface area contributed by atoms with Gasteiger partial charge in [-0.15, -0.1) is 0 Å². The van der Waals surface area contributed by atoms with Crippen LogP contribution in [0.3, 0.4) is 0 Å². The molecule has 3 nitrogen and oxygen atoms in total. The van der Waals surface area contributed by atoms with Gasteiger partial charge in [0.15, 0.2) is 6.29 Å². The van der Waals surface area contributed by atoms with Crippen molar-refractivity contribution in [3.05, 3.63) is 12.2 Å². The van der Waals surface area contributed by atoms with Crippen LogP contribution in [0.2, 0.25) is 0 Å².